The predicted octanol–water partition coefficient (Wildman–Crippen LogP) is 2.53. The third kappa shape index (κ3) is 2.12. The number of aromatic amines is 2. The first-order valence-corrected chi connectivity index (χ1v) is 7.97. The van der Waals surface area contributed by atoms with Crippen molar-refractivity contribution < 1.29 is 9.90 Å². The number of aromatic nitrogens is 6. The van der Waals surface area contributed by atoms with Gasteiger partial charge in [-0.1, -0.05) is 24.3 Å². The van der Waals surface area contributed by atoms with Gasteiger partial charge in [0.2, 0.25) is 0 Å². The minimum atomic E-state index is -1.10. The zero-order valence-corrected chi connectivity index (χ0v) is 13.4. The van der Waals surface area contributed by atoms with Crippen LogP contribution in [0.4, 0.5) is 0 Å². The number of hydrogen-bond acceptors (Lipinski definition) is 5. The van der Waals surface area contributed by atoms with E-state index < -0.39 is 5.97 Å². The number of benzene rings is 2. The number of aromatic carboxylic acids is 1. The van der Waals surface area contributed by atoms with E-state index in [9.17, 15) is 9.90 Å². The lowest BCUT2D eigenvalue weighted by Crippen LogP contribution is -1.99. The van der Waals surface area contributed by atoms with Crippen LogP contribution >= 0.6 is 0 Å². The fraction of sp³-hybridized carbons (Fsp3) is 0.0556. The highest BCUT2D eigenvalue weighted by Gasteiger charge is 2.22. The summed E-state index contributed by atoms with van der Waals surface area (Å²) in [5, 5.41) is 29.9. The Labute approximate surface area is 146 Å². The molecule has 0 radical (unpaired) electrons. The van der Waals surface area contributed by atoms with E-state index in [0.29, 0.717) is 5.69 Å². The third-order valence-corrected chi connectivity index (χ3v) is 4.62. The molecule has 2 aromatic carbocycles. The molecule has 1 aliphatic carbocycles. The molecule has 0 saturated heterocycles. The molecular weight excluding hydrogens is 332 g/mol. The summed E-state index contributed by atoms with van der Waals surface area (Å²) in [5.74, 6) is -1.10. The second-order valence-electron chi connectivity index (χ2n) is 6.10. The number of carboxylic acid groups (broad SMARTS) is 1. The van der Waals surface area contributed by atoms with Gasteiger partial charge in [0.1, 0.15) is 11.4 Å². The van der Waals surface area contributed by atoms with Crippen molar-refractivity contribution in [2.45, 2.75) is 6.42 Å². The fourth-order valence-corrected chi connectivity index (χ4v) is 3.44. The van der Waals surface area contributed by atoms with Crippen LogP contribution in [0.3, 0.4) is 0 Å². The van der Waals surface area contributed by atoms with Crippen LogP contribution in [0.5, 0.6) is 0 Å². The van der Waals surface area contributed by atoms with Crippen LogP contribution in [-0.4, -0.2) is 41.9 Å². The minimum Gasteiger partial charge on any atom is -0.476 e. The van der Waals surface area contributed by atoms with E-state index in [1.54, 1.807) is 6.20 Å². The number of nitrogens with one attached hydrogen (secondary N) is 2. The highest BCUT2D eigenvalue weighted by molar-refractivity contribution is 5.93. The van der Waals surface area contributed by atoms with Crippen LogP contribution in [0.25, 0.3) is 33.6 Å². The molecule has 0 bridgehead atoms. The van der Waals surface area contributed by atoms with Crippen molar-refractivity contribution in [3.05, 3.63) is 59.4 Å². The van der Waals surface area contributed by atoms with Gasteiger partial charge in [-0.25, -0.2) is 4.79 Å². The van der Waals surface area contributed by atoms with Gasteiger partial charge in [-0.15, -0.1) is 5.10 Å². The molecule has 2 heterocycles. The first-order valence-electron chi connectivity index (χ1n) is 7.97. The molecular formula is C18H12N6O2. The van der Waals surface area contributed by atoms with Crippen molar-refractivity contribution in [2.75, 3.05) is 0 Å². The van der Waals surface area contributed by atoms with Gasteiger partial charge >= 0.3 is 5.97 Å². The van der Waals surface area contributed by atoms with Gasteiger partial charge < -0.3 is 5.11 Å². The summed E-state index contributed by atoms with van der Waals surface area (Å²) in [7, 11) is 0. The molecule has 8 nitrogen and oxygen atoms in total. The fourth-order valence-electron chi connectivity index (χ4n) is 3.44. The number of carbonyl (C=O) groups is 1. The molecule has 3 N–H and O–H groups in total. The molecule has 0 unspecified atom stereocenters. The van der Waals surface area contributed by atoms with Gasteiger partial charge in [-0.2, -0.15) is 25.7 Å². The number of carboxylic acids is 1. The largest absolute Gasteiger partial charge is 0.476 e. The van der Waals surface area contributed by atoms with E-state index in [1.807, 2.05) is 24.3 Å². The molecule has 1 aliphatic rings. The molecule has 2 aromatic heterocycles. The highest BCUT2D eigenvalue weighted by atomic mass is 16.4. The maximum absolute atomic E-state index is 11.3. The quantitative estimate of drug-likeness (QED) is 0.462. The van der Waals surface area contributed by atoms with Gasteiger partial charge in [0.25, 0.3) is 0 Å². The normalized spacial score (nSPS) is 12.0. The van der Waals surface area contributed by atoms with Crippen molar-refractivity contribution >= 4 is 5.97 Å². The average molecular weight is 344 g/mol. The number of hydrogen-bond donors (Lipinski definition) is 3. The van der Waals surface area contributed by atoms with Gasteiger partial charge in [0, 0.05) is 11.1 Å². The van der Waals surface area contributed by atoms with Crippen molar-refractivity contribution in [3.8, 4) is 33.6 Å². The van der Waals surface area contributed by atoms with E-state index >= 15 is 0 Å². The number of H-pyrrole nitrogens is 2. The topological polar surface area (TPSA) is 120 Å². The summed E-state index contributed by atoms with van der Waals surface area (Å²) < 4.78 is 0. The molecule has 4 aromatic rings. The Balaban J connectivity index is 1.56. The second kappa shape index (κ2) is 5.35. The molecule has 26 heavy (non-hydrogen) atoms. The van der Waals surface area contributed by atoms with Gasteiger partial charge in [-0.3, -0.25) is 0 Å². The molecule has 0 saturated carbocycles. The van der Waals surface area contributed by atoms with Crippen LogP contribution in [0.2, 0.25) is 0 Å². The highest BCUT2D eigenvalue weighted by Crippen LogP contribution is 2.40. The first kappa shape index (κ1) is 14.5. The monoisotopic (exact) mass is 344 g/mol. The van der Waals surface area contributed by atoms with Crippen LogP contribution in [0.15, 0.2) is 42.6 Å². The zero-order chi connectivity index (χ0) is 17.7. The Morgan fingerprint density at radius 3 is 2.35 bits per heavy atom. The number of nitrogens with zero attached hydrogens (tertiary/aromatic N) is 4. The zero-order valence-electron chi connectivity index (χ0n) is 13.4. The molecule has 126 valence electrons. The summed E-state index contributed by atoms with van der Waals surface area (Å²) in [6.07, 6.45) is 2.46. The maximum Gasteiger partial charge on any atom is 0.358 e. The lowest BCUT2D eigenvalue weighted by molar-refractivity contribution is 0.0691. The Kier molecular flexibility index (Phi) is 2.99. The molecule has 5 rings (SSSR count). The molecule has 8 heteroatoms. The number of rotatable bonds is 3. The summed E-state index contributed by atoms with van der Waals surface area (Å²) in [6.45, 7) is 0. The Morgan fingerprint density at radius 1 is 0.923 bits per heavy atom. The van der Waals surface area contributed by atoms with Crippen molar-refractivity contribution in [1.82, 2.24) is 30.8 Å². The van der Waals surface area contributed by atoms with Crippen LogP contribution in [0.1, 0.15) is 21.6 Å². The minimum absolute atomic E-state index is 0.0752. The Morgan fingerprint density at radius 2 is 1.65 bits per heavy atom. The van der Waals surface area contributed by atoms with E-state index in [-0.39, 0.29) is 5.69 Å². The van der Waals surface area contributed by atoms with Crippen LogP contribution < -0.4 is 0 Å². The summed E-state index contributed by atoms with van der Waals surface area (Å²) in [4.78, 5) is 11.3. The third-order valence-electron chi connectivity index (χ3n) is 4.62. The van der Waals surface area contributed by atoms with Crippen LogP contribution in [-0.2, 0) is 6.42 Å². The maximum atomic E-state index is 11.3. The van der Waals surface area contributed by atoms with Crippen LogP contribution in [0, 0.1) is 0 Å². The lowest BCUT2D eigenvalue weighted by atomic mass is 10.0. The van der Waals surface area contributed by atoms with Gasteiger partial charge in [0.15, 0.2) is 5.69 Å². The number of fused-ring (bicyclic) bond motifs is 3. The molecule has 0 atom stereocenters. The molecule has 0 aliphatic heterocycles. The predicted molar refractivity (Wildman–Crippen MR) is 92.4 cm³/mol. The summed E-state index contributed by atoms with van der Waals surface area (Å²) in [6, 6.07) is 12.1. The Bertz CT molecular complexity index is 1150. The van der Waals surface area contributed by atoms with Crippen molar-refractivity contribution in [1.29, 1.82) is 0 Å². The van der Waals surface area contributed by atoms with E-state index in [1.165, 1.54) is 11.1 Å². The summed E-state index contributed by atoms with van der Waals surface area (Å²) >= 11 is 0. The SMILES string of the molecule is O=C(O)c1n[nH]nc1-c1ccc2c(c1)Cc1cc(-c3cn[nH]n3)ccc1-2. The summed E-state index contributed by atoms with van der Waals surface area (Å²) in [5.41, 5.74) is 7.49. The first-order chi connectivity index (χ1) is 12.7. The van der Waals surface area contributed by atoms with E-state index in [0.717, 1.165) is 34.4 Å². The van der Waals surface area contributed by atoms with Gasteiger partial charge in [-0.05, 0) is 40.8 Å². The molecule has 0 spiro atoms. The molecule has 0 amide bonds. The van der Waals surface area contributed by atoms with E-state index in [4.69, 9.17) is 0 Å². The van der Waals surface area contributed by atoms with Gasteiger partial charge in [0.05, 0.1) is 6.20 Å². The lowest BCUT2D eigenvalue weighted by Gasteiger charge is -2.04. The second-order valence-corrected chi connectivity index (χ2v) is 6.10. The standard InChI is InChI=1S/C18H12N6O2/c25-18(26)17-16(21-24-22-17)10-2-4-14-12(6-10)7-11-5-9(1-3-13(11)14)15-8-19-23-20-15/h1-6,8H,7H2,(H,25,26)(H,19,20,23)(H,21,22,24). The van der Waals surface area contributed by atoms with Crippen molar-refractivity contribution in [2.24, 2.45) is 0 Å². The smallest absolute Gasteiger partial charge is 0.358 e. The Hall–Kier alpha value is -3.81. The van der Waals surface area contributed by atoms with Crippen molar-refractivity contribution in [3.63, 3.8) is 0 Å². The van der Waals surface area contributed by atoms with E-state index in [2.05, 4.69) is 43.0 Å². The average Bonchev–Trinajstić information content (AvgIpc) is 3.38. The molecule has 0 fully saturated rings.